The lowest BCUT2D eigenvalue weighted by Crippen LogP contribution is -2.15. The van der Waals surface area contributed by atoms with E-state index in [2.05, 4.69) is 234 Å². The van der Waals surface area contributed by atoms with Crippen molar-refractivity contribution < 1.29 is 0 Å². The average Bonchev–Trinajstić information content (AvgIpc) is 3.69. The van der Waals surface area contributed by atoms with Gasteiger partial charge in [0.25, 0.3) is 0 Å². The molecule has 10 rings (SSSR count). The van der Waals surface area contributed by atoms with Crippen molar-refractivity contribution in [3.05, 3.63) is 224 Å². The number of pyridine rings is 1. The first kappa shape index (κ1) is 33.1. The molecular weight excluding hydrogens is 679 g/mol. The maximum atomic E-state index is 5.64. The molecule has 0 amide bonds. The predicted octanol–water partition coefficient (Wildman–Crippen LogP) is 14.3. The second-order valence-electron chi connectivity index (χ2n) is 13.9. The second-order valence-corrected chi connectivity index (χ2v) is 13.9. The van der Waals surface area contributed by atoms with Crippen molar-refractivity contribution in [2.75, 3.05) is 4.90 Å². The van der Waals surface area contributed by atoms with Gasteiger partial charge in [-0.1, -0.05) is 206 Å². The van der Waals surface area contributed by atoms with E-state index in [0.29, 0.717) is 0 Å². The van der Waals surface area contributed by atoms with Crippen LogP contribution in [0.25, 0.3) is 72.2 Å². The summed E-state index contributed by atoms with van der Waals surface area (Å²) in [6.45, 7) is 0. The molecule has 0 bridgehead atoms. The Hall–Kier alpha value is -7.49. The minimum atomic E-state index is 0.944. The molecular formula is C53H37N3. The van der Waals surface area contributed by atoms with Crippen molar-refractivity contribution in [2.45, 2.75) is 0 Å². The Kier molecular flexibility index (Phi) is 8.51. The largest absolute Gasteiger partial charge is 0.307 e. The minimum Gasteiger partial charge on any atom is -0.307 e. The zero-order chi connectivity index (χ0) is 37.3. The number of para-hydroxylation sites is 2. The lowest BCUT2D eigenvalue weighted by atomic mass is 9.92. The van der Waals surface area contributed by atoms with Gasteiger partial charge in [0, 0.05) is 38.7 Å². The summed E-state index contributed by atoms with van der Waals surface area (Å²) in [7, 11) is 0. The van der Waals surface area contributed by atoms with Crippen LogP contribution in [-0.4, -0.2) is 9.61 Å². The van der Waals surface area contributed by atoms with E-state index in [4.69, 9.17) is 5.10 Å². The number of rotatable bonds is 8. The smallest absolute Gasteiger partial charge is 0.101 e. The van der Waals surface area contributed by atoms with Gasteiger partial charge >= 0.3 is 0 Å². The van der Waals surface area contributed by atoms with E-state index >= 15 is 0 Å². The van der Waals surface area contributed by atoms with E-state index in [1.54, 1.807) is 0 Å². The summed E-state index contributed by atoms with van der Waals surface area (Å²) in [5.74, 6) is 0. The molecule has 0 aliphatic heterocycles. The second kappa shape index (κ2) is 14.4. The molecule has 0 aliphatic rings. The molecule has 8 aromatic carbocycles. The zero-order valence-electron chi connectivity index (χ0n) is 30.7. The molecule has 10 aromatic rings. The number of hydrogen-bond acceptors (Lipinski definition) is 2. The quantitative estimate of drug-likeness (QED) is 0.156. The topological polar surface area (TPSA) is 20.5 Å². The van der Waals surface area contributed by atoms with Crippen LogP contribution < -0.4 is 4.90 Å². The van der Waals surface area contributed by atoms with Crippen molar-refractivity contribution in [3.8, 4) is 55.9 Å². The number of fused-ring (bicyclic) bond motifs is 3. The van der Waals surface area contributed by atoms with Crippen LogP contribution in [-0.2, 0) is 0 Å². The Bertz CT molecular complexity index is 2940. The van der Waals surface area contributed by atoms with Crippen LogP contribution in [0.3, 0.4) is 0 Å². The standard InChI is InChI=1S/C53H37N3/c1-6-22-38(23-7-1)43-32-16-17-33-44(43)45-34-20-21-37-48(45)55(42-30-14-5-15-31-42)53-47-36-19-18-35-46(47)52-49(39-24-8-2-9-25-39)50(40-26-10-3-11-27-40)54-56(52)51(53)41-28-12-4-13-29-41/h1-37H. The molecule has 0 atom stereocenters. The summed E-state index contributed by atoms with van der Waals surface area (Å²) in [5, 5.41) is 7.89. The fourth-order valence-electron chi connectivity index (χ4n) is 8.16. The summed E-state index contributed by atoms with van der Waals surface area (Å²) >= 11 is 0. The van der Waals surface area contributed by atoms with E-state index in [0.717, 1.165) is 72.6 Å². The van der Waals surface area contributed by atoms with Gasteiger partial charge in [-0.05, 0) is 40.5 Å². The number of benzene rings is 8. The van der Waals surface area contributed by atoms with E-state index in [1.165, 1.54) is 16.7 Å². The van der Waals surface area contributed by atoms with Gasteiger partial charge in [-0.3, -0.25) is 0 Å². The fourth-order valence-corrected chi connectivity index (χ4v) is 8.16. The van der Waals surface area contributed by atoms with Gasteiger partial charge in [0.05, 0.1) is 22.6 Å². The first-order valence-electron chi connectivity index (χ1n) is 19.1. The van der Waals surface area contributed by atoms with E-state index < -0.39 is 0 Å². The van der Waals surface area contributed by atoms with Crippen LogP contribution in [0.5, 0.6) is 0 Å². The van der Waals surface area contributed by atoms with Gasteiger partial charge in [0.2, 0.25) is 0 Å². The van der Waals surface area contributed by atoms with E-state index in [9.17, 15) is 0 Å². The normalized spacial score (nSPS) is 11.2. The SMILES string of the molecule is c1ccc(-c2ccccc2-c2ccccc2N(c2ccccc2)c2c(-c3ccccc3)n3nc(-c4ccccc4)c(-c4ccccc4)c3c3ccccc23)cc1. The molecule has 0 radical (unpaired) electrons. The molecule has 0 unspecified atom stereocenters. The minimum absolute atomic E-state index is 0.944. The zero-order valence-corrected chi connectivity index (χ0v) is 30.7. The molecule has 0 N–H and O–H groups in total. The summed E-state index contributed by atoms with van der Waals surface area (Å²) in [5.41, 5.74) is 15.2. The van der Waals surface area contributed by atoms with Crippen molar-refractivity contribution in [1.82, 2.24) is 9.61 Å². The molecule has 0 saturated heterocycles. The lowest BCUT2D eigenvalue weighted by Gasteiger charge is -2.31. The highest BCUT2D eigenvalue weighted by molar-refractivity contribution is 6.16. The van der Waals surface area contributed by atoms with Gasteiger partial charge in [-0.2, -0.15) is 5.10 Å². The van der Waals surface area contributed by atoms with Crippen LogP contribution in [0, 0.1) is 0 Å². The number of nitrogens with zero attached hydrogens (tertiary/aromatic N) is 3. The Labute approximate surface area is 327 Å². The first-order valence-corrected chi connectivity index (χ1v) is 19.1. The summed E-state index contributed by atoms with van der Waals surface area (Å²) < 4.78 is 2.22. The predicted molar refractivity (Wildman–Crippen MR) is 235 cm³/mol. The maximum absolute atomic E-state index is 5.64. The third kappa shape index (κ3) is 5.74. The average molecular weight is 716 g/mol. The van der Waals surface area contributed by atoms with Gasteiger partial charge in [-0.15, -0.1) is 0 Å². The molecule has 2 aromatic heterocycles. The van der Waals surface area contributed by atoms with Crippen molar-refractivity contribution in [1.29, 1.82) is 0 Å². The Morgan fingerprint density at radius 3 is 1.46 bits per heavy atom. The lowest BCUT2D eigenvalue weighted by molar-refractivity contribution is 0.976. The fraction of sp³-hybridized carbons (Fsp3) is 0. The van der Waals surface area contributed by atoms with Crippen LogP contribution in [0.4, 0.5) is 17.1 Å². The van der Waals surface area contributed by atoms with Gasteiger partial charge in [0.1, 0.15) is 5.69 Å². The van der Waals surface area contributed by atoms with E-state index in [1.807, 2.05) is 0 Å². The van der Waals surface area contributed by atoms with Gasteiger partial charge in [-0.25, -0.2) is 4.52 Å². The van der Waals surface area contributed by atoms with Gasteiger partial charge in [0.15, 0.2) is 0 Å². The first-order chi connectivity index (χ1) is 27.8. The summed E-state index contributed by atoms with van der Waals surface area (Å²) in [6.07, 6.45) is 0. The van der Waals surface area contributed by atoms with Crippen LogP contribution in [0.2, 0.25) is 0 Å². The maximum Gasteiger partial charge on any atom is 0.101 e. The van der Waals surface area contributed by atoms with Crippen molar-refractivity contribution in [3.63, 3.8) is 0 Å². The molecule has 3 heteroatoms. The molecule has 3 nitrogen and oxygen atoms in total. The molecule has 264 valence electrons. The van der Waals surface area contributed by atoms with Gasteiger partial charge < -0.3 is 4.90 Å². The van der Waals surface area contributed by atoms with Crippen molar-refractivity contribution >= 4 is 33.4 Å². The molecule has 56 heavy (non-hydrogen) atoms. The van der Waals surface area contributed by atoms with Crippen molar-refractivity contribution in [2.24, 2.45) is 0 Å². The third-order valence-electron chi connectivity index (χ3n) is 10.6. The Morgan fingerprint density at radius 2 is 0.821 bits per heavy atom. The third-order valence-corrected chi connectivity index (χ3v) is 10.6. The summed E-state index contributed by atoms with van der Waals surface area (Å²) in [6, 6.07) is 79.9. The summed E-state index contributed by atoms with van der Waals surface area (Å²) in [4.78, 5) is 2.45. The molecule has 2 heterocycles. The molecule has 0 fully saturated rings. The van der Waals surface area contributed by atoms with Crippen LogP contribution >= 0.6 is 0 Å². The number of hydrogen-bond donors (Lipinski definition) is 0. The highest BCUT2D eigenvalue weighted by Crippen LogP contribution is 2.51. The molecule has 0 spiro atoms. The van der Waals surface area contributed by atoms with Crippen LogP contribution in [0.15, 0.2) is 224 Å². The van der Waals surface area contributed by atoms with Crippen LogP contribution in [0.1, 0.15) is 0 Å². The molecule has 0 aliphatic carbocycles. The Morgan fingerprint density at radius 1 is 0.357 bits per heavy atom. The Balaban J connectivity index is 1.37. The molecule has 0 saturated carbocycles. The number of aromatic nitrogens is 2. The number of anilines is 3. The highest BCUT2D eigenvalue weighted by Gasteiger charge is 2.29. The monoisotopic (exact) mass is 715 g/mol. The highest BCUT2D eigenvalue weighted by atomic mass is 15.3. The van der Waals surface area contributed by atoms with E-state index in [-0.39, 0.29) is 0 Å².